The van der Waals surface area contributed by atoms with E-state index in [1.807, 2.05) is 47.6 Å². The number of carbonyl (C=O) groups excluding carboxylic acids is 2. The predicted molar refractivity (Wildman–Crippen MR) is 135 cm³/mol. The molecule has 1 saturated heterocycles. The molecule has 1 amide bonds. The van der Waals surface area contributed by atoms with Gasteiger partial charge in [-0.2, -0.15) is 0 Å². The van der Waals surface area contributed by atoms with Crippen LogP contribution < -0.4 is 14.4 Å². The number of imidazole rings is 1. The number of nitrogens with one attached hydrogen (secondary N) is 1. The van der Waals surface area contributed by atoms with Crippen LogP contribution in [0.5, 0.6) is 5.75 Å². The number of ketones is 1. The second-order valence-electron chi connectivity index (χ2n) is 9.12. The van der Waals surface area contributed by atoms with Crippen LogP contribution in [-0.4, -0.2) is 34.7 Å². The Bertz CT molecular complexity index is 1240. The first-order valence-corrected chi connectivity index (χ1v) is 12.1. The molecule has 186 valence electrons. The summed E-state index contributed by atoms with van der Waals surface area (Å²) in [4.78, 5) is 30.9. The quantitative estimate of drug-likeness (QED) is 0.157. The zero-order valence-electron chi connectivity index (χ0n) is 20.6. The van der Waals surface area contributed by atoms with Gasteiger partial charge in [-0.1, -0.05) is 68.7 Å². The number of amides is 1. The van der Waals surface area contributed by atoms with Gasteiger partial charge in [-0.05, 0) is 34.7 Å². The molecule has 1 atom stereocenters. The Kier molecular flexibility index (Phi) is 7.68. The first-order valence-electron chi connectivity index (χ1n) is 12.1. The Morgan fingerprint density at radius 1 is 1.17 bits per heavy atom. The molecule has 2 heterocycles. The van der Waals surface area contributed by atoms with E-state index in [1.54, 1.807) is 30.3 Å². The van der Waals surface area contributed by atoms with E-state index in [-0.39, 0.29) is 5.57 Å². The van der Waals surface area contributed by atoms with Crippen LogP contribution in [0.1, 0.15) is 48.9 Å². The minimum Gasteiger partial charge on any atom is -0.872 e. The zero-order chi connectivity index (χ0) is 25.7. The van der Waals surface area contributed by atoms with Crippen molar-refractivity contribution in [1.29, 1.82) is 0 Å². The second kappa shape index (κ2) is 11.1. The maximum absolute atomic E-state index is 13.6. The Labute approximate surface area is 211 Å². The predicted octanol–water partition coefficient (Wildman–Crippen LogP) is 3.30. The maximum atomic E-state index is 13.6. The van der Waals surface area contributed by atoms with Crippen molar-refractivity contribution in [2.75, 3.05) is 13.2 Å². The second-order valence-corrected chi connectivity index (χ2v) is 9.12. The van der Waals surface area contributed by atoms with Gasteiger partial charge in [0.25, 0.3) is 5.91 Å². The van der Waals surface area contributed by atoms with Gasteiger partial charge in [0.15, 0.2) is 0 Å². The largest absolute Gasteiger partial charge is 0.872 e. The number of ether oxygens (including phenoxy) is 1. The summed E-state index contributed by atoms with van der Waals surface area (Å²) in [6.45, 7) is 9.21. The van der Waals surface area contributed by atoms with Crippen molar-refractivity contribution in [1.82, 2.24) is 9.88 Å². The Balaban J connectivity index is 1.70. The molecule has 0 saturated carbocycles. The van der Waals surface area contributed by atoms with E-state index in [0.29, 0.717) is 43.3 Å². The maximum Gasteiger partial charge on any atom is 0.295 e. The molecule has 36 heavy (non-hydrogen) atoms. The van der Waals surface area contributed by atoms with E-state index >= 15 is 0 Å². The zero-order valence-corrected chi connectivity index (χ0v) is 20.6. The van der Waals surface area contributed by atoms with E-state index < -0.39 is 23.5 Å². The van der Waals surface area contributed by atoms with Crippen LogP contribution in [0.4, 0.5) is 0 Å². The third kappa shape index (κ3) is 5.25. The summed E-state index contributed by atoms with van der Waals surface area (Å²) >= 11 is 0. The molecule has 1 N–H and O–H groups in total. The first-order chi connectivity index (χ1) is 17.4. The molecule has 0 bridgehead atoms. The van der Waals surface area contributed by atoms with Gasteiger partial charge in [-0.15, -0.1) is 0 Å². The number of carbonyl (C=O) groups is 2. The fourth-order valence-electron chi connectivity index (χ4n) is 4.41. The molecule has 0 aliphatic carbocycles. The van der Waals surface area contributed by atoms with Crippen LogP contribution in [0.3, 0.4) is 0 Å². The lowest BCUT2D eigenvalue weighted by Gasteiger charge is -2.27. The highest BCUT2D eigenvalue weighted by molar-refractivity contribution is 6.46. The summed E-state index contributed by atoms with van der Waals surface area (Å²) in [5.74, 6) is -0.883. The Morgan fingerprint density at radius 3 is 2.50 bits per heavy atom. The smallest absolute Gasteiger partial charge is 0.295 e. The number of aryl methyl sites for hydroxylation is 1. The lowest BCUT2D eigenvalue weighted by molar-refractivity contribution is -0.695. The van der Waals surface area contributed by atoms with Crippen LogP contribution in [0.25, 0.3) is 5.76 Å². The molecule has 1 unspecified atom stereocenters. The standard InChI is InChI=1S/C29H31N3O4/c1-4-18-36-24-12-10-23(11-13-24)27(33)25-26(22-8-6-21(7-9-22)20(2)3)32(29(35)28(25)34)16-5-15-31-17-14-30-19-31/h4,6-14,17,19-20,26H,1,5,15-16,18H2,2-3H3,(H,33,34). The van der Waals surface area contributed by atoms with Gasteiger partial charge in [0, 0.05) is 18.5 Å². The van der Waals surface area contributed by atoms with Gasteiger partial charge >= 0.3 is 0 Å². The number of Topliss-reactive ketones (excluding diaryl/α,β-unsaturated/α-hetero) is 1. The summed E-state index contributed by atoms with van der Waals surface area (Å²) in [6.07, 6.45) is 7.84. The van der Waals surface area contributed by atoms with E-state index in [1.165, 1.54) is 4.90 Å². The van der Waals surface area contributed by atoms with Gasteiger partial charge in [-0.25, -0.2) is 4.57 Å². The van der Waals surface area contributed by atoms with Crippen molar-refractivity contribution in [3.63, 3.8) is 0 Å². The summed E-state index contributed by atoms with van der Waals surface area (Å²) < 4.78 is 7.47. The summed E-state index contributed by atoms with van der Waals surface area (Å²) in [5.41, 5.74) is 2.23. The number of hydrogen-bond donors (Lipinski definition) is 1. The number of benzene rings is 2. The molecular formula is C29H31N3O4. The average molecular weight is 486 g/mol. The van der Waals surface area contributed by atoms with Crippen molar-refractivity contribution in [3.05, 3.63) is 102 Å². The number of nitrogens with zero attached hydrogens (tertiary/aromatic N) is 2. The molecule has 1 aliphatic heterocycles. The molecule has 1 fully saturated rings. The fraction of sp³-hybridized carbons (Fsp3) is 0.276. The number of H-pyrrole nitrogens is 1. The Morgan fingerprint density at radius 2 is 1.89 bits per heavy atom. The highest BCUT2D eigenvalue weighted by Gasteiger charge is 2.43. The van der Waals surface area contributed by atoms with Crippen molar-refractivity contribution >= 4 is 17.4 Å². The normalized spacial score (nSPS) is 17.1. The molecule has 1 aliphatic rings. The fourth-order valence-corrected chi connectivity index (χ4v) is 4.41. The number of aromatic amines is 1. The molecule has 7 nitrogen and oxygen atoms in total. The molecule has 0 spiro atoms. The molecule has 0 radical (unpaired) electrons. The molecule has 4 rings (SSSR count). The third-order valence-electron chi connectivity index (χ3n) is 6.35. The average Bonchev–Trinajstić information content (AvgIpc) is 3.50. The third-order valence-corrected chi connectivity index (χ3v) is 6.35. The van der Waals surface area contributed by atoms with E-state index in [0.717, 1.165) is 11.1 Å². The van der Waals surface area contributed by atoms with Crippen molar-refractivity contribution in [3.8, 4) is 5.75 Å². The van der Waals surface area contributed by atoms with E-state index in [2.05, 4.69) is 25.4 Å². The molecule has 3 aromatic rings. The molecule has 2 aromatic carbocycles. The number of rotatable bonds is 10. The van der Waals surface area contributed by atoms with Crippen LogP contribution in [0.15, 0.2) is 85.5 Å². The number of hydrogen-bond acceptors (Lipinski definition) is 4. The Hall–Kier alpha value is -4.13. The highest BCUT2D eigenvalue weighted by Crippen LogP contribution is 2.39. The lowest BCUT2D eigenvalue weighted by atomic mass is 9.93. The van der Waals surface area contributed by atoms with Gasteiger partial charge in [-0.3, -0.25) is 14.6 Å². The molecule has 7 heteroatoms. The minimum atomic E-state index is -0.737. The molecule has 1 aromatic heterocycles. The van der Waals surface area contributed by atoms with Crippen LogP contribution in [0.2, 0.25) is 0 Å². The van der Waals surface area contributed by atoms with Gasteiger partial charge in [0.05, 0.1) is 12.6 Å². The van der Waals surface area contributed by atoms with E-state index in [4.69, 9.17) is 4.74 Å². The van der Waals surface area contributed by atoms with E-state index in [9.17, 15) is 14.7 Å². The molecular weight excluding hydrogens is 454 g/mol. The SMILES string of the molecule is C=CCOc1ccc(/C([O-])=C2\C(=O)C(=O)N(CCC[n+]3cc[nH]c3)C2c2ccc(C(C)C)cc2)cc1. The summed E-state index contributed by atoms with van der Waals surface area (Å²) in [7, 11) is 0. The lowest BCUT2D eigenvalue weighted by Crippen LogP contribution is -2.36. The minimum absolute atomic E-state index is 0.00801. The van der Waals surface area contributed by atoms with Crippen molar-refractivity contribution in [2.24, 2.45) is 0 Å². The number of aromatic nitrogens is 2. The van der Waals surface area contributed by atoms with Crippen LogP contribution >= 0.6 is 0 Å². The first kappa shape index (κ1) is 25.0. The topological polar surface area (TPSA) is 89.3 Å². The van der Waals surface area contributed by atoms with Crippen molar-refractivity contribution in [2.45, 2.75) is 38.8 Å². The van der Waals surface area contributed by atoms with Crippen molar-refractivity contribution < 1.29 is 24.0 Å². The highest BCUT2D eigenvalue weighted by atomic mass is 16.5. The number of likely N-dealkylation sites (tertiary alicyclic amines) is 1. The van der Waals surface area contributed by atoms with Crippen LogP contribution in [0, 0.1) is 0 Å². The van der Waals surface area contributed by atoms with Gasteiger partial charge < -0.3 is 14.7 Å². The summed E-state index contributed by atoms with van der Waals surface area (Å²) in [5, 5.41) is 13.6. The monoisotopic (exact) mass is 485 g/mol. The van der Waals surface area contributed by atoms with Crippen LogP contribution in [-0.2, 0) is 16.1 Å². The van der Waals surface area contributed by atoms with Gasteiger partial charge in [0.2, 0.25) is 12.1 Å². The van der Waals surface area contributed by atoms with Gasteiger partial charge in [0.1, 0.15) is 24.8 Å². The summed E-state index contributed by atoms with van der Waals surface area (Å²) in [6, 6.07) is 13.7.